The van der Waals surface area contributed by atoms with E-state index in [2.05, 4.69) is 33.0 Å². The summed E-state index contributed by atoms with van der Waals surface area (Å²) in [6, 6.07) is 0. The van der Waals surface area contributed by atoms with E-state index in [4.69, 9.17) is 4.74 Å². The summed E-state index contributed by atoms with van der Waals surface area (Å²) in [5.41, 5.74) is 0.863. The molecular formula is C11H23NO. The van der Waals surface area contributed by atoms with Crippen LogP contribution in [0.4, 0.5) is 0 Å². The van der Waals surface area contributed by atoms with Crippen molar-refractivity contribution < 1.29 is 4.74 Å². The minimum absolute atomic E-state index is 0.400. The number of nitrogens with one attached hydrogen (secondary N) is 1. The molecule has 0 spiro atoms. The van der Waals surface area contributed by atoms with Crippen LogP contribution in [-0.2, 0) is 4.74 Å². The monoisotopic (exact) mass is 185 g/mol. The Morgan fingerprint density at radius 1 is 1.31 bits per heavy atom. The first-order valence-electron chi connectivity index (χ1n) is 5.20. The Hall–Kier alpha value is -0.0800. The lowest BCUT2D eigenvalue weighted by atomic mass is 9.85. The van der Waals surface area contributed by atoms with Gasteiger partial charge in [-0.2, -0.15) is 0 Å². The van der Waals surface area contributed by atoms with Crippen LogP contribution in [0.2, 0.25) is 0 Å². The molecule has 0 aromatic rings. The van der Waals surface area contributed by atoms with E-state index in [0.717, 1.165) is 26.3 Å². The molecule has 1 aliphatic heterocycles. The molecule has 2 heteroatoms. The van der Waals surface area contributed by atoms with Gasteiger partial charge in [0.05, 0.1) is 13.2 Å². The Balaban J connectivity index is 2.01. The third-order valence-electron chi connectivity index (χ3n) is 2.46. The van der Waals surface area contributed by atoms with Gasteiger partial charge in [-0.15, -0.1) is 0 Å². The predicted molar refractivity (Wildman–Crippen MR) is 55.9 cm³/mol. The standard InChI is InChI=1S/C11H23NO/c1-10(2,3)7-12-6-5-11(4)8-13-9-11/h12H,5-9H2,1-4H3. The fourth-order valence-corrected chi connectivity index (χ4v) is 1.45. The highest BCUT2D eigenvalue weighted by Gasteiger charge is 2.32. The molecule has 0 amide bonds. The second kappa shape index (κ2) is 3.97. The molecule has 0 unspecified atom stereocenters. The zero-order chi connectivity index (χ0) is 9.95. The molecule has 0 bridgehead atoms. The van der Waals surface area contributed by atoms with E-state index in [1.54, 1.807) is 0 Å². The molecule has 1 N–H and O–H groups in total. The zero-order valence-corrected chi connectivity index (χ0v) is 9.44. The van der Waals surface area contributed by atoms with E-state index in [0.29, 0.717) is 10.8 Å². The van der Waals surface area contributed by atoms with Crippen LogP contribution in [0.15, 0.2) is 0 Å². The number of hydrogen-bond donors (Lipinski definition) is 1. The van der Waals surface area contributed by atoms with E-state index in [9.17, 15) is 0 Å². The smallest absolute Gasteiger partial charge is 0.0542 e. The molecule has 0 aromatic heterocycles. The maximum Gasteiger partial charge on any atom is 0.0542 e. The van der Waals surface area contributed by atoms with Crippen LogP contribution in [-0.4, -0.2) is 26.3 Å². The van der Waals surface area contributed by atoms with Crippen LogP contribution < -0.4 is 5.32 Å². The summed E-state index contributed by atoms with van der Waals surface area (Å²) in [6.07, 6.45) is 1.24. The van der Waals surface area contributed by atoms with E-state index < -0.39 is 0 Å². The van der Waals surface area contributed by atoms with Gasteiger partial charge in [0.25, 0.3) is 0 Å². The van der Waals surface area contributed by atoms with E-state index in [-0.39, 0.29) is 0 Å². The van der Waals surface area contributed by atoms with E-state index >= 15 is 0 Å². The first-order valence-corrected chi connectivity index (χ1v) is 5.20. The van der Waals surface area contributed by atoms with E-state index in [1.807, 2.05) is 0 Å². The van der Waals surface area contributed by atoms with E-state index in [1.165, 1.54) is 6.42 Å². The summed E-state index contributed by atoms with van der Waals surface area (Å²) in [4.78, 5) is 0. The molecule has 0 aliphatic carbocycles. The summed E-state index contributed by atoms with van der Waals surface area (Å²) in [5.74, 6) is 0. The minimum atomic E-state index is 0.400. The second-order valence-corrected chi connectivity index (χ2v) is 5.79. The molecular weight excluding hydrogens is 162 g/mol. The largest absolute Gasteiger partial charge is 0.380 e. The average molecular weight is 185 g/mol. The summed E-state index contributed by atoms with van der Waals surface area (Å²) < 4.78 is 5.21. The Labute approximate surface area is 82.0 Å². The Kier molecular flexibility index (Phi) is 3.36. The van der Waals surface area contributed by atoms with Gasteiger partial charge in [-0.3, -0.25) is 0 Å². The molecule has 1 aliphatic rings. The topological polar surface area (TPSA) is 21.3 Å². The maximum atomic E-state index is 5.21. The minimum Gasteiger partial charge on any atom is -0.380 e. The number of hydrogen-bond acceptors (Lipinski definition) is 2. The van der Waals surface area contributed by atoms with Crippen molar-refractivity contribution in [2.45, 2.75) is 34.1 Å². The van der Waals surface area contributed by atoms with Crippen molar-refractivity contribution in [3.8, 4) is 0 Å². The van der Waals surface area contributed by atoms with Gasteiger partial charge in [0, 0.05) is 5.41 Å². The lowest BCUT2D eigenvalue weighted by molar-refractivity contribution is -0.105. The van der Waals surface area contributed by atoms with Crippen molar-refractivity contribution in [3.05, 3.63) is 0 Å². The van der Waals surface area contributed by atoms with Gasteiger partial charge >= 0.3 is 0 Å². The summed E-state index contributed by atoms with van der Waals surface area (Å²) >= 11 is 0. The summed E-state index contributed by atoms with van der Waals surface area (Å²) in [6.45, 7) is 13.2. The molecule has 0 radical (unpaired) electrons. The Morgan fingerprint density at radius 3 is 2.31 bits per heavy atom. The fraction of sp³-hybridized carbons (Fsp3) is 1.00. The summed E-state index contributed by atoms with van der Waals surface area (Å²) in [5, 5.41) is 3.49. The first-order chi connectivity index (χ1) is 5.91. The van der Waals surface area contributed by atoms with Gasteiger partial charge < -0.3 is 10.1 Å². The van der Waals surface area contributed by atoms with Gasteiger partial charge in [-0.25, -0.2) is 0 Å². The van der Waals surface area contributed by atoms with Crippen LogP contribution in [0, 0.1) is 10.8 Å². The normalized spacial score (nSPS) is 21.2. The highest BCUT2D eigenvalue weighted by molar-refractivity contribution is 4.81. The third-order valence-corrected chi connectivity index (χ3v) is 2.46. The van der Waals surface area contributed by atoms with Crippen molar-refractivity contribution in [2.24, 2.45) is 10.8 Å². The molecule has 13 heavy (non-hydrogen) atoms. The first kappa shape index (κ1) is 11.0. The highest BCUT2D eigenvalue weighted by Crippen LogP contribution is 2.29. The molecule has 0 aromatic carbocycles. The molecule has 2 nitrogen and oxygen atoms in total. The van der Waals surface area contributed by atoms with Crippen molar-refractivity contribution in [1.29, 1.82) is 0 Å². The van der Waals surface area contributed by atoms with Crippen LogP contribution in [0.3, 0.4) is 0 Å². The fourth-order valence-electron chi connectivity index (χ4n) is 1.45. The average Bonchev–Trinajstić information content (AvgIpc) is 1.93. The Bertz CT molecular complexity index is 156. The Morgan fingerprint density at radius 2 is 1.92 bits per heavy atom. The van der Waals surface area contributed by atoms with Crippen LogP contribution in [0.1, 0.15) is 34.1 Å². The van der Waals surface area contributed by atoms with Crippen LogP contribution >= 0.6 is 0 Å². The summed E-state index contributed by atoms with van der Waals surface area (Å²) in [7, 11) is 0. The van der Waals surface area contributed by atoms with Gasteiger partial charge in [-0.1, -0.05) is 27.7 Å². The molecule has 1 saturated heterocycles. The molecule has 1 rings (SSSR count). The van der Waals surface area contributed by atoms with Gasteiger partial charge in [0.15, 0.2) is 0 Å². The zero-order valence-electron chi connectivity index (χ0n) is 9.44. The van der Waals surface area contributed by atoms with Crippen molar-refractivity contribution in [1.82, 2.24) is 5.32 Å². The van der Waals surface area contributed by atoms with Crippen molar-refractivity contribution >= 4 is 0 Å². The molecule has 0 atom stereocenters. The van der Waals surface area contributed by atoms with Gasteiger partial charge in [-0.05, 0) is 24.9 Å². The van der Waals surface area contributed by atoms with Crippen molar-refractivity contribution in [2.75, 3.05) is 26.3 Å². The van der Waals surface area contributed by atoms with Crippen LogP contribution in [0.25, 0.3) is 0 Å². The van der Waals surface area contributed by atoms with Gasteiger partial charge in [0.2, 0.25) is 0 Å². The predicted octanol–water partition coefficient (Wildman–Crippen LogP) is 2.05. The number of rotatable bonds is 4. The molecule has 0 saturated carbocycles. The molecule has 1 fully saturated rings. The lowest BCUT2D eigenvalue weighted by Crippen LogP contribution is -2.42. The molecule has 1 heterocycles. The van der Waals surface area contributed by atoms with Crippen molar-refractivity contribution in [3.63, 3.8) is 0 Å². The maximum absolute atomic E-state index is 5.21. The van der Waals surface area contributed by atoms with Crippen LogP contribution in [0.5, 0.6) is 0 Å². The molecule has 78 valence electrons. The quantitative estimate of drug-likeness (QED) is 0.677. The highest BCUT2D eigenvalue weighted by atomic mass is 16.5. The number of ether oxygens (including phenoxy) is 1. The van der Waals surface area contributed by atoms with Gasteiger partial charge in [0.1, 0.15) is 0 Å². The lowest BCUT2D eigenvalue weighted by Gasteiger charge is -2.38. The second-order valence-electron chi connectivity index (χ2n) is 5.79. The SMILES string of the molecule is CC(C)(C)CNCCC1(C)COC1. The third kappa shape index (κ3) is 4.10.